The Balaban J connectivity index is 1.44. The first-order valence-corrected chi connectivity index (χ1v) is 12.0. The van der Waals surface area contributed by atoms with E-state index in [1.54, 1.807) is 6.92 Å². The first-order valence-electron chi connectivity index (χ1n) is 11.0. The molecule has 6 N–H and O–H groups in total. The maximum absolute atomic E-state index is 11.7. The average molecular weight is 523 g/mol. The molecule has 194 valence electrons. The van der Waals surface area contributed by atoms with Crippen molar-refractivity contribution in [1.82, 2.24) is 24.5 Å². The SMILES string of the molecule is CCOC(=O)c1ccc(OC[C@H](O)CSc2nc3c(N)ncnc3n2[C@@H]2O[C@H](CO)[C@@H](O)[C@H]2O)nc1. The number of nitrogens with two attached hydrogens (primary N) is 1. The van der Waals surface area contributed by atoms with Crippen molar-refractivity contribution in [2.75, 3.05) is 31.3 Å². The molecule has 0 aromatic carbocycles. The summed E-state index contributed by atoms with van der Waals surface area (Å²) in [5.74, 6) is -0.0512. The number of hydrogen-bond donors (Lipinski definition) is 5. The fraction of sp³-hybridized carbons (Fsp3) is 0.476. The van der Waals surface area contributed by atoms with Crippen molar-refractivity contribution in [3.05, 3.63) is 30.2 Å². The van der Waals surface area contributed by atoms with Crippen molar-refractivity contribution in [2.24, 2.45) is 0 Å². The summed E-state index contributed by atoms with van der Waals surface area (Å²) in [4.78, 5) is 28.3. The quantitative estimate of drug-likeness (QED) is 0.162. The van der Waals surface area contributed by atoms with Crippen molar-refractivity contribution in [2.45, 2.75) is 42.7 Å². The van der Waals surface area contributed by atoms with E-state index in [9.17, 15) is 25.2 Å². The lowest BCUT2D eigenvalue weighted by atomic mass is 10.1. The fourth-order valence-corrected chi connectivity index (χ4v) is 4.45. The molecule has 0 saturated carbocycles. The Hall–Kier alpha value is -3.08. The number of ether oxygens (including phenoxy) is 3. The Labute approximate surface area is 209 Å². The summed E-state index contributed by atoms with van der Waals surface area (Å²) in [6.45, 7) is 1.36. The van der Waals surface area contributed by atoms with Crippen LogP contribution in [0.25, 0.3) is 11.2 Å². The topological polar surface area (TPSA) is 208 Å². The first kappa shape index (κ1) is 26.0. The van der Waals surface area contributed by atoms with Crippen molar-refractivity contribution < 1.29 is 39.4 Å². The van der Waals surface area contributed by atoms with Crippen LogP contribution in [-0.2, 0) is 9.47 Å². The Kier molecular flexibility index (Phi) is 8.17. The third-order valence-corrected chi connectivity index (χ3v) is 6.42. The highest BCUT2D eigenvalue weighted by atomic mass is 32.2. The summed E-state index contributed by atoms with van der Waals surface area (Å²) in [7, 11) is 0. The van der Waals surface area contributed by atoms with Gasteiger partial charge in [0.15, 0.2) is 28.4 Å². The largest absolute Gasteiger partial charge is 0.475 e. The number of nitrogens with zero attached hydrogens (tertiary/aromatic N) is 5. The summed E-state index contributed by atoms with van der Waals surface area (Å²) in [6, 6.07) is 3.00. The minimum atomic E-state index is -1.37. The number of nitrogen functional groups attached to an aromatic ring is 1. The molecular weight excluding hydrogens is 496 g/mol. The molecule has 15 heteroatoms. The van der Waals surface area contributed by atoms with Gasteiger partial charge in [-0.15, -0.1) is 0 Å². The lowest BCUT2D eigenvalue weighted by Gasteiger charge is -2.19. The number of anilines is 1. The third-order valence-electron chi connectivity index (χ3n) is 5.32. The predicted molar refractivity (Wildman–Crippen MR) is 125 cm³/mol. The number of carbonyl (C=O) groups is 1. The lowest BCUT2D eigenvalue weighted by molar-refractivity contribution is -0.0548. The normalized spacial score (nSPS) is 22.6. The van der Waals surface area contributed by atoms with Crippen LogP contribution in [-0.4, -0.2) is 101 Å². The van der Waals surface area contributed by atoms with Crippen LogP contribution in [0, 0.1) is 0 Å². The summed E-state index contributed by atoms with van der Waals surface area (Å²) in [5, 5.41) is 40.9. The Bertz CT molecular complexity index is 1200. The summed E-state index contributed by atoms with van der Waals surface area (Å²) >= 11 is 1.12. The first-order chi connectivity index (χ1) is 17.3. The Morgan fingerprint density at radius 3 is 2.75 bits per heavy atom. The monoisotopic (exact) mass is 522 g/mol. The van der Waals surface area contributed by atoms with Gasteiger partial charge in [0, 0.05) is 18.0 Å². The van der Waals surface area contributed by atoms with Crippen LogP contribution in [0.2, 0.25) is 0 Å². The zero-order valence-corrected chi connectivity index (χ0v) is 20.0. The highest BCUT2D eigenvalue weighted by Gasteiger charge is 2.45. The van der Waals surface area contributed by atoms with Gasteiger partial charge in [-0.05, 0) is 13.0 Å². The van der Waals surface area contributed by atoms with E-state index in [4.69, 9.17) is 19.9 Å². The molecule has 0 amide bonds. The average Bonchev–Trinajstić information content (AvgIpc) is 3.39. The van der Waals surface area contributed by atoms with E-state index in [1.807, 2.05) is 0 Å². The molecule has 1 aliphatic rings. The smallest absolute Gasteiger partial charge is 0.339 e. The summed E-state index contributed by atoms with van der Waals surface area (Å²) in [5.41, 5.74) is 6.74. The second kappa shape index (κ2) is 11.3. The van der Waals surface area contributed by atoms with Gasteiger partial charge in [-0.1, -0.05) is 11.8 Å². The van der Waals surface area contributed by atoms with Crippen molar-refractivity contribution >= 4 is 34.7 Å². The van der Waals surface area contributed by atoms with Crippen molar-refractivity contribution in [1.29, 1.82) is 0 Å². The molecule has 0 unspecified atom stereocenters. The number of thioether (sulfide) groups is 1. The Morgan fingerprint density at radius 2 is 2.08 bits per heavy atom. The number of aromatic nitrogens is 5. The van der Waals surface area contributed by atoms with E-state index in [2.05, 4.69) is 19.9 Å². The molecule has 1 fully saturated rings. The molecule has 0 radical (unpaired) electrons. The number of carbonyl (C=O) groups excluding carboxylic acids is 1. The van der Waals surface area contributed by atoms with E-state index in [1.165, 1.54) is 29.2 Å². The van der Waals surface area contributed by atoms with Gasteiger partial charge < -0.3 is 40.4 Å². The van der Waals surface area contributed by atoms with Crippen LogP contribution >= 0.6 is 11.8 Å². The molecule has 36 heavy (non-hydrogen) atoms. The predicted octanol–water partition coefficient (Wildman–Crippen LogP) is -0.876. The number of aliphatic hydroxyl groups excluding tert-OH is 4. The molecule has 4 rings (SSSR count). The minimum Gasteiger partial charge on any atom is -0.475 e. The van der Waals surface area contributed by atoms with Crippen LogP contribution in [0.4, 0.5) is 5.82 Å². The van der Waals surface area contributed by atoms with Gasteiger partial charge in [-0.2, -0.15) is 0 Å². The van der Waals surface area contributed by atoms with Gasteiger partial charge in [0.05, 0.1) is 24.9 Å². The number of rotatable bonds is 10. The van der Waals surface area contributed by atoms with Gasteiger partial charge >= 0.3 is 5.97 Å². The van der Waals surface area contributed by atoms with Crippen molar-refractivity contribution in [3.8, 4) is 5.88 Å². The van der Waals surface area contributed by atoms with E-state index in [0.717, 1.165) is 11.8 Å². The van der Waals surface area contributed by atoms with Gasteiger partial charge in [-0.25, -0.2) is 24.7 Å². The molecule has 3 aromatic heterocycles. The standard InChI is InChI=1S/C21H26N6O8S/c1-2-33-20(32)10-3-4-13(23-5-10)34-7-11(29)8-36-21-26-14-17(22)24-9-25-18(14)27(21)19-16(31)15(30)12(6-28)35-19/h3-5,9,11-12,15-16,19,28-31H,2,6-8H2,1H3,(H2,22,24,25)/t11-,12+,15+,16+,19+/m0/s1. The third kappa shape index (κ3) is 5.35. The highest BCUT2D eigenvalue weighted by Crippen LogP contribution is 2.36. The van der Waals surface area contributed by atoms with Crippen molar-refractivity contribution in [3.63, 3.8) is 0 Å². The number of hydrogen-bond acceptors (Lipinski definition) is 14. The zero-order chi connectivity index (χ0) is 25.8. The maximum atomic E-state index is 11.7. The van der Waals surface area contributed by atoms with E-state index < -0.39 is 43.2 Å². The van der Waals surface area contributed by atoms with Gasteiger partial charge in [0.1, 0.15) is 31.2 Å². The van der Waals surface area contributed by atoms with E-state index >= 15 is 0 Å². The number of imidazole rings is 1. The highest BCUT2D eigenvalue weighted by molar-refractivity contribution is 7.99. The van der Waals surface area contributed by atoms with E-state index in [-0.39, 0.29) is 47.4 Å². The molecular formula is C21H26N6O8S. The van der Waals surface area contributed by atoms with E-state index in [0.29, 0.717) is 5.16 Å². The number of esters is 1. The molecule has 1 saturated heterocycles. The van der Waals surface area contributed by atoms with Crippen LogP contribution in [0.15, 0.2) is 29.8 Å². The molecule has 4 heterocycles. The van der Waals surface area contributed by atoms with Crippen LogP contribution in [0.1, 0.15) is 23.5 Å². The van der Waals surface area contributed by atoms with Crippen LogP contribution in [0.3, 0.4) is 0 Å². The Morgan fingerprint density at radius 1 is 1.28 bits per heavy atom. The number of aliphatic hydroxyl groups is 4. The fourth-order valence-electron chi connectivity index (χ4n) is 3.53. The molecule has 5 atom stereocenters. The molecule has 0 aliphatic carbocycles. The minimum absolute atomic E-state index is 0.102. The molecule has 0 bridgehead atoms. The number of pyridine rings is 1. The zero-order valence-electron chi connectivity index (χ0n) is 19.2. The molecule has 14 nitrogen and oxygen atoms in total. The van der Waals surface area contributed by atoms with Crippen LogP contribution < -0.4 is 10.5 Å². The van der Waals surface area contributed by atoms with Gasteiger partial charge in [0.2, 0.25) is 5.88 Å². The van der Waals surface area contributed by atoms with Gasteiger partial charge in [-0.3, -0.25) is 4.57 Å². The molecule has 3 aromatic rings. The number of fused-ring (bicyclic) bond motifs is 1. The second-order valence-corrected chi connectivity index (χ2v) is 8.79. The van der Waals surface area contributed by atoms with Gasteiger partial charge in [0.25, 0.3) is 0 Å². The lowest BCUT2D eigenvalue weighted by Crippen LogP contribution is -2.33. The molecule has 1 aliphatic heterocycles. The molecule has 0 spiro atoms. The second-order valence-electron chi connectivity index (χ2n) is 7.81. The summed E-state index contributed by atoms with van der Waals surface area (Å²) < 4.78 is 17.5. The van der Waals surface area contributed by atoms with Crippen LogP contribution in [0.5, 0.6) is 5.88 Å². The maximum Gasteiger partial charge on any atom is 0.339 e. The summed E-state index contributed by atoms with van der Waals surface area (Å²) in [6.07, 6.45) is -3.19.